The van der Waals surface area contributed by atoms with Gasteiger partial charge in [-0.15, -0.1) is 0 Å². The van der Waals surface area contributed by atoms with E-state index < -0.39 is 0 Å². The van der Waals surface area contributed by atoms with Crippen LogP contribution in [0.5, 0.6) is 11.5 Å². The van der Waals surface area contributed by atoms with Crippen molar-refractivity contribution in [1.82, 2.24) is 15.1 Å². The van der Waals surface area contributed by atoms with Crippen LogP contribution in [0, 0.1) is 6.92 Å². The van der Waals surface area contributed by atoms with E-state index >= 15 is 0 Å². The summed E-state index contributed by atoms with van der Waals surface area (Å²) in [4.78, 5) is 8.54. The summed E-state index contributed by atoms with van der Waals surface area (Å²) in [5, 5.41) is 9.94. The summed E-state index contributed by atoms with van der Waals surface area (Å²) in [6.07, 6.45) is 1.50. The van der Waals surface area contributed by atoms with Crippen LogP contribution in [0.1, 0.15) is 5.76 Å². The normalized spacial score (nSPS) is 10.4. The van der Waals surface area contributed by atoms with Gasteiger partial charge in [0.1, 0.15) is 30.9 Å². The molecule has 0 bridgehead atoms. The van der Waals surface area contributed by atoms with Crippen molar-refractivity contribution in [1.29, 1.82) is 0 Å². The van der Waals surface area contributed by atoms with Crippen LogP contribution < -0.4 is 25.6 Å². The molecule has 0 aliphatic carbocycles. The minimum atomic E-state index is 0.354. The second-order valence-electron chi connectivity index (χ2n) is 5.17. The van der Waals surface area contributed by atoms with E-state index in [1.165, 1.54) is 6.20 Å². The Labute approximate surface area is 146 Å². The molecule has 0 saturated heterocycles. The van der Waals surface area contributed by atoms with E-state index in [0.717, 1.165) is 0 Å². The third kappa shape index (κ3) is 4.00. The Morgan fingerprint density at radius 2 is 1.76 bits per heavy atom. The lowest BCUT2D eigenvalue weighted by Crippen LogP contribution is -2.14. The second-order valence-corrected chi connectivity index (χ2v) is 5.17. The maximum atomic E-state index is 5.92. The maximum absolute atomic E-state index is 5.92. The quantitative estimate of drug-likeness (QED) is 0.660. The van der Waals surface area contributed by atoms with Gasteiger partial charge in [-0.1, -0.05) is 5.16 Å². The van der Waals surface area contributed by atoms with E-state index in [-0.39, 0.29) is 0 Å². The third-order valence-corrected chi connectivity index (χ3v) is 3.30. The minimum absolute atomic E-state index is 0.354. The standard InChI is InChI=1S/C16H16BN5O3/c1-9-4-14(22-25-9)20-15-13(17)8-18-16(21-15)19-10-5-11(23-2)7-12(6-10)24-3/h4-8H,1-3H3,(H2,18,19,20,21,22). The Morgan fingerprint density at radius 3 is 2.36 bits per heavy atom. The van der Waals surface area contributed by atoms with Gasteiger partial charge in [0.15, 0.2) is 5.82 Å². The first kappa shape index (κ1) is 16.6. The molecule has 0 fully saturated rings. The monoisotopic (exact) mass is 337 g/mol. The first-order valence-electron chi connectivity index (χ1n) is 7.40. The number of nitrogens with one attached hydrogen (secondary N) is 2. The Morgan fingerprint density at radius 1 is 1.04 bits per heavy atom. The highest BCUT2D eigenvalue weighted by Gasteiger charge is 2.08. The summed E-state index contributed by atoms with van der Waals surface area (Å²) in [6, 6.07) is 7.11. The molecule has 2 heterocycles. The van der Waals surface area contributed by atoms with Gasteiger partial charge in [0.25, 0.3) is 0 Å². The van der Waals surface area contributed by atoms with Gasteiger partial charge in [0, 0.05) is 36.1 Å². The van der Waals surface area contributed by atoms with Crippen molar-refractivity contribution in [2.24, 2.45) is 0 Å². The molecule has 0 atom stereocenters. The van der Waals surface area contributed by atoms with Gasteiger partial charge in [0.05, 0.1) is 14.2 Å². The largest absolute Gasteiger partial charge is 0.497 e. The number of hydrogen-bond donors (Lipinski definition) is 2. The fourth-order valence-corrected chi connectivity index (χ4v) is 2.11. The highest BCUT2D eigenvalue weighted by Crippen LogP contribution is 2.27. The van der Waals surface area contributed by atoms with E-state index in [2.05, 4.69) is 25.8 Å². The highest BCUT2D eigenvalue weighted by molar-refractivity contribution is 6.35. The van der Waals surface area contributed by atoms with Crippen molar-refractivity contribution < 1.29 is 14.0 Å². The lowest BCUT2D eigenvalue weighted by Gasteiger charge is -2.11. The van der Waals surface area contributed by atoms with Crippen LogP contribution in [-0.2, 0) is 0 Å². The second kappa shape index (κ2) is 7.12. The average molecular weight is 337 g/mol. The third-order valence-electron chi connectivity index (χ3n) is 3.30. The van der Waals surface area contributed by atoms with Crippen LogP contribution in [0.4, 0.5) is 23.3 Å². The molecule has 2 N–H and O–H groups in total. The molecule has 0 unspecified atom stereocenters. The van der Waals surface area contributed by atoms with Crippen LogP contribution in [-0.4, -0.2) is 37.2 Å². The molecule has 0 aliphatic heterocycles. The van der Waals surface area contributed by atoms with Gasteiger partial charge in [0.2, 0.25) is 5.95 Å². The van der Waals surface area contributed by atoms with Crippen LogP contribution in [0.2, 0.25) is 0 Å². The van der Waals surface area contributed by atoms with E-state index in [0.29, 0.717) is 46.0 Å². The SMILES string of the molecule is [B]c1cnc(Nc2cc(OC)cc(OC)c2)nc1Nc1cc(C)on1. The van der Waals surface area contributed by atoms with Gasteiger partial charge >= 0.3 is 0 Å². The first-order chi connectivity index (χ1) is 12.1. The van der Waals surface area contributed by atoms with E-state index in [1.54, 1.807) is 45.4 Å². The zero-order valence-electron chi connectivity index (χ0n) is 14.0. The fourth-order valence-electron chi connectivity index (χ4n) is 2.11. The molecule has 0 amide bonds. The smallest absolute Gasteiger partial charge is 0.229 e. The fraction of sp³-hybridized carbons (Fsp3) is 0.188. The molecule has 3 aromatic rings. The van der Waals surface area contributed by atoms with Gasteiger partial charge in [-0.2, -0.15) is 4.98 Å². The maximum Gasteiger partial charge on any atom is 0.229 e. The van der Waals surface area contributed by atoms with Gasteiger partial charge in [-0.05, 0) is 12.4 Å². The van der Waals surface area contributed by atoms with Crippen LogP contribution in [0.15, 0.2) is 35.0 Å². The Balaban J connectivity index is 1.84. The molecule has 1 aromatic carbocycles. The molecule has 126 valence electrons. The number of anilines is 4. The molecule has 9 heteroatoms. The highest BCUT2D eigenvalue weighted by atomic mass is 16.5. The summed E-state index contributed by atoms with van der Waals surface area (Å²) in [5.74, 6) is 3.25. The summed E-state index contributed by atoms with van der Waals surface area (Å²) in [7, 11) is 9.08. The number of benzene rings is 1. The molecule has 0 saturated carbocycles. The summed E-state index contributed by atoms with van der Waals surface area (Å²) in [5.41, 5.74) is 1.10. The van der Waals surface area contributed by atoms with E-state index in [1.807, 2.05) is 0 Å². The van der Waals surface area contributed by atoms with Crippen molar-refractivity contribution in [2.45, 2.75) is 6.92 Å². The molecular weight excluding hydrogens is 321 g/mol. The van der Waals surface area contributed by atoms with Crippen molar-refractivity contribution in [3.63, 3.8) is 0 Å². The zero-order valence-corrected chi connectivity index (χ0v) is 14.0. The Bertz CT molecular complexity index is 862. The molecule has 3 rings (SSSR count). The van der Waals surface area contributed by atoms with Crippen LogP contribution in [0.25, 0.3) is 0 Å². The van der Waals surface area contributed by atoms with Gasteiger partial charge < -0.3 is 24.6 Å². The molecular formula is C16H16BN5O3. The number of nitrogens with zero attached hydrogens (tertiary/aromatic N) is 3. The Kier molecular flexibility index (Phi) is 4.74. The van der Waals surface area contributed by atoms with Gasteiger partial charge in [-0.25, -0.2) is 4.98 Å². The number of rotatable bonds is 6. The molecule has 2 radical (unpaired) electrons. The Hall–Kier alpha value is -3.23. The van der Waals surface area contributed by atoms with Crippen molar-refractivity contribution in [3.05, 3.63) is 36.2 Å². The number of methoxy groups -OCH3 is 2. The van der Waals surface area contributed by atoms with Crippen molar-refractivity contribution in [3.8, 4) is 11.5 Å². The number of aromatic nitrogens is 3. The molecule has 0 aliphatic rings. The molecule has 25 heavy (non-hydrogen) atoms. The summed E-state index contributed by atoms with van der Waals surface area (Å²) in [6.45, 7) is 1.80. The van der Waals surface area contributed by atoms with Crippen molar-refractivity contribution in [2.75, 3.05) is 24.9 Å². The minimum Gasteiger partial charge on any atom is -0.497 e. The average Bonchev–Trinajstić information content (AvgIpc) is 3.02. The van der Waals surface area contributed by atoms with Crippen LogP contribution in [0.3, 0.4) is 0 Å². The van der Waals surface area contributed by atoms with E-state index in [4.69, 9.17) is 21.8 Å². The molecule has 8 nitrogen and oxygen atoms in total. The van der Waals surface area contributed by atoms with E-state index in [9.17, 15) is 0 Å². The molecule has 0 spiro atoms. The van der Waals surface area contributed by atoms with Gasteiger partial charge in [-0.3, -0.25) is 0 Å². The predicted molar refractivity (Wildman–Crippen MR) is 94.8 cm³/mol. The summed E-state index contributed by atoms with van der Waals surface area (Å²) < 4.78 is 15.5. The number of aryl methyl sites for hydroxylation is 1. The number of ether oxygens (including phenoxy) is 2. The van der Waals surface area contributed by atoms with Crippen molar-refractivity contribution >= 4 is 36.6 Å². The molecule has 2 aromatic heterocycles. The first-order valence-corrected chi connectivity index (χ1v) is 7.40. The topological polar surface area (TPSA) is 94.3 Å². The number of hydrogen-bond acceptors (Lipinski definition) is 8. The summed E-state index contributed by atoms with van der Waals surface area (Å²) >= 11 is 0. The lowest BCUT2D eigenvalue weighted by atomic mass is 9.99. The zero-order chi connectivity index (χ0) is 17.8. The van der Waals surface area contributed by atoms with Crippen LogP contribution >= 0.6 is 0 Å². The predicted octanol–water partition coefficient (Wildman–Crippen LogP) is 2.07. The lowest BCUT2D eigenvalue weighted by molar-refractivity contribution is 0.395.